The van der Waals surface area contributed by atoms with Crippen molar-refractivity contribution >= 4 is 11.8 Å². The van der Waals surface area contributed by atoms with Crippen LogP contribution in [-0.4, -0.2) is 36.3 Å². The van der Waals surface area contributed by atoms with Crippen molar-refractivity contribution in [1.29, 1.82) is 0 Å². The van der Waals surface area contributed by atoms with E-state index in [2.05, 4.69) is 22.3 Å². The third-order valence-corrected chi connectivity index (χ3v) is 5.96. The first-order valence-corrected chi connectivity index (χ1v) is 11.3. The number of hydrogen-bond donors (Lipinski definition) is 2. The SMILES string of the molecule is NC(=O)c1ccccc1OCc1cccc(C(=O)NC[C@@H](c2ccccc2)N2CCCC2)c1. The summed E-state index contributed by atoms with van der Waals surface area (Å²) in [4.78, 5) is 27.0. The van der Waals surface area contributed by atoms with Gasteiger partial charge in [0.05, 0.1) is 11.6 Å². The molecule has 1 heterocycles. The summed E-state index contributed by atoms with van der Waals surface area (Å²) < 4.78 is 5.80. The number of ether oxygens (including phenoxy) is 1. The lowest BCUT2D eigenvalue weighted by atomic mass is 10.1. The Labute approximate surface area is 194 Å². The minimum Gasteiger partial charge on any atom is -0.488 e. The van der Waals surface area contributed by atoms with E-state index < -0.39 is 5.91 Å². The number of hydrogen-bond acceptors (Lipinski definition) is 4. The summed E-state index contributed by atoms with van der Waals surface area (Å²) in [7, 11) is 0. The second-order valence-corrected chi connectivity index (χ2v) is 8.23. The minimum atomic E-state index is -0.537. The number of amides is 2. The Bertz CT molecular complexity index is 1090. The predicted octanol–water partition coefficient (Wildman–Crippen LogP) is 3.93. The van der Waals surface area contributed by atoms with Crippen molar-refractivity contribution in [2.45, 2.75) is 25.5 Å². The van der Waals surface area contributed by atoms with Crippen LogP contribution in [0.1, 0.15) is 50.7 Å². The number of carbonyl (C=O) groups excluding carboxylic acids is 2. The maximum absolute atomic E-state index is 12.9. The van der Waals surface area contributed by atoms with E-state index in [1.807, 2.05) is 36.4 Å². The number of rotatable bonds is 9. The Morgan fingerprint density at radius 2 is 1.67 bits per heavy atom. The Morgan fingerprint density at radius 1 is 0.939 bits per heavy atom. The summed E-state index contributed by atoms with van der Waals surface area (Å²) in [5.74, 6) is -0.226. The van der Waals surface area contributed by atoms with E-state index >= 15 is 0 Å². The van der Waals surface area contributed by atoms with Crippen molar-refractivity contribution in [3.63, 3.8) is 0 Å². The van der Waals surface area contributed by atoms with Crippen LogP contribution in [0.3, 0.4) is 0 Å². The summed E-state index contributed by atoms with van der Waals surface area (Å²) in [6.45, 7) is 2.88. The number of nitrogens with zero attached hydrogens (tertiary/aromatic N) is 1. The second-order valence-electron chi connectivity index (χ2n) is 8.23. The van der Waals surface area contributed by atoms with Crippen LogP contribution in [0.25, 0.3) is 0 Å². The van der Waals surface area contributed by atoms with Gasteiger partial charge in [0.2, 0.25) is 0 Å². The largest absolute Gasteiger partial charge is 0.488 e. The first-order chi connectivity index (χ1) is 16.1. The monoisotopic (exact) mass is 443 g/mol. The highest BCUT2D eigenvalue weighted by molar-refractivity contribution is 5.95. The fraction of sp³-hybridized carbons (Fsp3) is 0.259. The van der Waals surface area contributed by atoms with Crippen molar-refractivity contribution < 1.29 is 14.3 Å². The number of nitrogens with two attached hydrogens (primary N) is 1. The fourth-order valence-electron chi connectivity index (χ4n) is 4.24. The van der Waals surface area contributed by atoms with Crippen LogP contribution >= 0.6 is 0 Å². The molecule has 0 spiro atoms. The third-order valence-electron chi connectivity index (χ3n) is 5.96. The van der Waals surface area contributed by atoms with E-state index in [-0.39, 0.29) is 18.6 Å². The van der Waals surface area contributed by atoms with E-state index in [1.54, 1.807) is 30.3 Å². The molecule has 0 saturated carbocycles. The standard InChI is InChI=1S/C27H29N3O3/c28-26(31)23-13-4-5-14-25(23)33-19-20-9-8-12-22(17-20)27(32)29-18-24(30-15-6-7-16-30)21-10-2-1-3-11-21/h1-5,8-14,17,24H,6-7,15-16,18-19H2,(H2,28,31)(H,29,32)/t24-/m0/s1. The number of carbonyl (C=O) groups is 2. The van der Waals surface area contributed by atoms with Gasteiger partial charge in [0.25, 0.3) is 11.8 Å². The Kier molecular flexibility index (Phi) is 7.37. The number of primary amides is 1. The Hall–Kier alpha value is -3.64. The molecule has 2 amide bonds. The van der Waals surface area contributed by atoms with Crippen LogP contribution in [0.4, 0.5) is 0 Å². The average Bonchev–Trinajstić information content (AvgIpc) is 3.38. The average molecular weight is 444 g/mol. The zero-order valence-electron chi connectivity index (χ0n) is 18.6. The molecule has 4 rings (SSSR count). The van der Waals surface area contributed by atoms with Crippen LogP contribution in [0.5, 0.6) is 5.75 Å². The quantitative estimate of drug-likeness (QED) is 0.525. The summed E-state index contributed by atoms with van der Waals surface area (Å²) >= 11 is 0. The highest BCUT2D eigenvalue weighted by Gasteiger charge is 2.24. The summed E-state index contributed by atoms with van der Waals surface area (Å²) in [6, 6.07) is 24.7. The summed E-state index contributed by atoms with van der Waals surface area (Å²) in [5, 5.41) is 3.12. The van der Waals surface area contributed by atoms with E-state index in [9.17, 15) is 9.59 Å². The van der Waals surface area contributed by atoms with E-state index in [1.165, 1.54) is 18.4 Å². The third kappa shape index (κ3) is 5.79. The van der Waals surface area contributed by atoms with Gasteiger partial charge in [-0.25, -0.2) is 0 Å². The first-order valence-electron chi connectivity index (χ1n) is 11.3. The van der Waals surface area contributed by atoms with Crippen LogP contribution in [0.15, 0.2) is 78.9 Å². The molecule has 1 saturated heterocycles. The molecule has 33 heavy (non-hydrogen) atoms. The molecular formula is C27H29N3O3. The number of nitrogens with one attached hydrogen (secondary N) is 1. The molecule has 0 aromatic heterocycles. The van der Waals surface area contributed by atoms with Crippen LogP contribution < -0.4 is 15.8 Å². The molecule has 3 aromatic rings. The molecule has 0 radical (unpaired) electrons. The van der Waals surface area contributed by atoms with Crippen molar-refractivity contribution in [3.8, 4) is 5.75 Å². The minimum absolute atomic E-state index is 0.116. The van der Waals surface area contributed by atoms with Gasteiger partial charge >= 0.3 is 0 Å². The number of benzene rings is 3. The van der Waals surface area contributed by atoms with Crippen molar-refractivity contribution in [2.24, 2.45) is 5.73 Å². The molecule has 1 fully saturated rings. The molecule has 3 aromatic carbocycles. The van der Waals surface area contributed by atoms with Gasteiger partial charge in [-0.2, -0.15) is 0 Å². The topological polar surface area (TPSA) is 84.7 Å². The Balaban J connectivity index is 1.40. The van der Waals surface area contributed by atoms with Crippen LogP contribution in [-0.2, 0) is 6.61 Å². The van der Waals surface area contributed by atoms with Crippen LogP contribution in [0.2, 0.25) is 0 Å². The molecular weight excluding hydrogens is 414 g/mol. The zero-order valence-corrected chi connectivity index (χ0v) is 18.6. The van der Waals surface area contributed by atoms with Crippen molar-refractivity contribution in [2.75, 3.05) is 19.6 Å². The zero-order chi connectivity index (χ0) is 23.0. The predicted molar refractivity (Wildman–Crippen MR) is 128 cm³/mol. The van der Waals surface area contributed by atoms with E-state index in [0.29, 0.717) is 23.4 Å². The lowest BCUT2D eigenvalue weighted by Gasteiger charge is -2.28. The van der Waals surface area contributed by atoms with Gasteiger partial charge in [0, 0.05) is 12.1 Å². The molecule has 0 aliphatic carbocycles. The fourth-order valence-corrected chi connectivity index (χ4v) is 4.24. The highest BCUT2D eigenvalue weighted by Crippen LogP contribution is 2.24. The summed E-state index contributed by atoms with van der Waals surface area (Å²) in [6.07, 6.45) is 2.39. The van der Waals surface area contributed by atoms with Crippen molar-refractivity contribution in [3.05, 3.63) is 101 Å². The molecule has 6 heteroatoms. The summed E-state index contributed by atoms with van der Waals surface area (Å²) in [5.41, 5.74) is 8.38. The number of likely N-dealkylation sites (tertiary alicyclic amines) is 1. The second kappa shape index (κ2) is 10.8. The normalized spacial score (nSPS) is 14.5. The lowest BCUT2D eigenvalue weighted by Crippen LogP contribution is -2.36. The van der Waals surface area contributed by atoms with Gasteiger partial charge in [0.15, 0.2) is 0 Å². The van der Waals surface area contributed by atoms with Gasteiger partial charge in [-0.3, -0.25) is 14.5 Å². The lowest BCUT2D eigenvalue weighted by molar-refractivity contribution is 0.0937. The molecule has 0 bridgehead atoms. The molecule has 0 unspecified atom stereocenters. The maximum atomic E-state index is 12.9. The molecule has 6 nitrogen and oxygen atoms in total. The van der Waals surface area contributed by atoms with Gasteiger partial charge < -0.3 is 15.8 Å². The van der Waals surface area contributed by atoms with Crippen LogP contribution in [0, 0.1) is 0 Å². The Morgan fingerprint density at radius 3 is 2.42 bits per heavy atom. The molecule has 3 N–H and O–H groups in total. The highest BCUT2D eigenvalue weighted by atomic mass is 16.5. The molecule has 1 aliphatic heterocycles. The molecule has 170 valence electrons. The van der Waals surface area contributed by atoms with E-state index in [0.717, 1.165) is 18.7 Å². The van der Waals surface area contributed by atoms with Gasteiger partial charge in [-0.05, 0) is 61.3 Å². The van der Waals surface area contributed by atoms with Gasteiger partial charge in [0.1, 0.15) is 12.4 Å². The molecule has 1 aliphatic rings. The van der Waals surface area contributed by atoms with Gasteiger partial charge in [-0.15, -0.1) is 0 Å². The van der Waals surface area contributed by atoms with E-state index in [4.69, 9.17) is 10.5 Å². The molecule has 1 atom stereocenters. The first kappa shape index (κ1) is 22.6. The maximum Gasteiger partial charge on any atom is 0.252 e. The van der Waals surface area contributed by atoms with Gasteiger partial charge in [-0.1, -0.05) is 54.6 Å². The number of para-hydroxylation sites is 1. The van der Waals surface area contributed by atoms with Crippen molar-refractivity contribution in [1.82, 2.24) is 10.2 Å². The smallest absolute Gasteiger partial charge is 0.252 e.